The molecule has 74 valence electrons. The Labute approximate surface area is 82.0 Å². The molecule has 1 fully saturated rings. The quantitative estimate of drug-likeness (QED) is 0.764. The molecule has 0 spiro atoms. The van der Waals surface area contributed by atoms with E-state index >= 15 is 0 Å². The molecule has 0 heterocycles. The average molecular weight is 192 g/mol. The van der Waals surface area contributed by atoms with Crippen molar-refractivity contribution in [3.8, 4) is 0 Å². The summed E-state index contributed by atoms with van der Waals surface area (Å²) >= 11 is 0. The van der Waals surface area contributed by atoms with E-state index in [9.17, 15) is 9.90 Å². The second-order valence-corrected chi connectivity index (χ2v) is 3.77. The number of carboxylic acid groups (broad SMARTS) is 1. The van der Waals surface area contributed by atoms with Gasteiger partial charge in [0.05, 0.1) is 11.5 Å². The highest BCUT2D eigenvalue weighted by atomic mass is 16.4. The van der Waals surface area contributed by atoms with Crippen molar-refractivity contribution in [2.75, 3.05) is 0 Å². The summed E-state index contributed by atoms with van der Waals surface area (Å²) in [5.41, 5.74) is -0.228. The molecule has 0 bridgehead atoms. The van der Waals surface area contributed by atoms with E-state index < -0.39 is 17.5 Å². The minimum Gasteiger partial charge on any atom is -0.481 e. The van der Waals surface area contributed by atoms with Gasteiger partial charge in [0.15, 0.2) is 0 Å². The van der Waals surface area contributed by atoms with Crippen LogP contribution in [0.3, 0.4) is 0 Å². The molecule has 0 aliphatic heterocycles. The Morgan fingerprint density at radius 1 is 1.29 bits per heavy atom. The topological polar surface area (TPSA) is 57.5 Å². The van der Waals surface area contributed by atoms with Crippen molar-refractivity contribution >= 4 is 5.97 Å². The lowest BCUT2D eigenvalue weighted by atomic mass is 9.93. The number of aliphatic carboxylic acids is 1. The maximum Gasteiger partial charge on any atom is 0.312 e. The standard InChI is InChI=1S/C11H12O3/c12-9(8-4-2-1-3-5-8)11(6-7-11)10(13)14/h1-5,9,12H,6-7H2,(H,13,14). The van der Waals surface area contributed by atoms with E-state index in [2.05, 4.69) is 0 Å². The number of carboxylic acids is 1. The Balaban J connectivity index is 2.25. The van der Waals surface area contributed by atoms with E-state index in [0.717, 1.165) is 0 Å². The number of aliphatic hydroxyl groups excluding tert-OH is 1. The molecule has 1 saturated carbocycles. The normalized spacial score (nSPS) is 20.1. The zero-order valence-electron chi connectivity index (χ0n) is 7.68. The second-order valence-electron chi connectivity index (χ2n) is 3.77. The van der Waals surface area contributed by atoms with Crippen LogP contribution in [0.25, 0.3) is 0 Å². The fraction of sp³-hybridized carbons (Fsp3) is 0.364. The molecule has 1 aromatic rings. The molecule has 14 heavy (non-hydrogen) atoms. The molecule has 1 aliphatic carbocycles. The van der Waals surface area contributed by atoms with Crippen molar-refractivity contribution in [2.24, 2.45) is 5.41 Å². The van der Waals surface area contributed by atoms with Crippen LogP contribution in [-0.2, 0) is 4.79 Å². The maximum absolute atomic E-state index is 10.9. The van der Waals surface area contributed by atoms with Gasteiger partial charge in [-0.05, 0) is 18.4 Å². The van der Waals surface area contributed by atoms with Gasteiger partial charge in [-0.25, -0.2) is 0 Å². The molecule has 3 heteroatoms. The van der Waals surface area contributed by atoms with Gasteiger partial charge in [0.1, 0.15) is 0 Å². The first kappa shape index (κ1) is 9.21. The lowest BCUT2D eigenvalue weighted by Crippen LogP contribution is -2.23. The first-order chi connectivity index (χ1) is 6.67. The lowest BCUT2D eigenvalue weighted by molar-refractivity contribution is -0.148. The van der Waals surface area contributed by atoms with Gasteiger partial charge in [0, 0.05) is 0 Å². The maximum atomic E-state index is 10.9. The number of benzene rings is 1. The van der Waals surface area contributed by atoms with Crippen LogP contribution in [0.15, 0.2) is 30.3 Å². The summed E-state index contributed by atoms with van der Waals surface area (Å²) in [6, 6.07) is 8.96. The Hall–Kier alpha value is -1.35. The summed E-state index contributed by atoms with van der Waals surface area (Å²) in [7, 11) is 0. The molecule has 0 radical (unpaired) electrons. The molecule has 1 aromatic carbocycles. The number of hydrogen-bond donors (Lipinski definition) is 2. The van der Waals surface area contributed by atoms with Crippen molar-refractivity contribution in [3.05, 3.63) is 35.9 Å². The summed E-state index contributed by atoms with van der Waals surface area (Å²) < 4.78 is 0. The summed E-state index contributed by atoms with van der Waals surface area (Å²) in [5, 5.41) is 18.9. The molecule has 0 aromatic heterocycles. The van der Waals surface area contributed by atoms with E-state index in [0.29, 0.717) is 18.4 Å². The van der Waals surface area contributed by atoms with Crippen LogP contribution in [0.4, 0.5) is 0 Å². The number of hydrogen-bond acceptors (Lipinski definition) is 2. The minimum absolute atomic E-state index is 0.568. The smallest absolute Gasteiger partial charge is 0.312 e. The molecule has 1 unspecified atom stereocenters. The van der Waals surface area contributed by atoms with E-state index in [1.54, 1.807) is 24.3 Å². The first-order valence-electron chi connectivity index (χ1n) is 4.63. The summed E-state index contributed by atoms with van der Waals surface area (Å²) in [4.78, 5) is 10.9. The Morgan fingerprint density at radius 2 is 1.86 bits per heavy atom. The van der Waals surface area contributed by atoms with E-state index in [4.69, 9.17) is 5.11 Å². The molecular formula is C11H12O3. The van der Waals surface area contributed by atoms with Crippen LogP contribution >= 0.6 is 0 Å². The zero-order valence-corrected chi connectivity index (χ0v) is 7.68. The molecule has 1 atom stereocenters. The van der Waals surface area contributed by atoms with E-state index in [1.165, 1.54) is 0 Å². The minimum atomic E-state index is -0.915. The van der Waals surface area contributed by atoms with Gasteiger partial charge in [-0.15, -0.1) is 0 Å². The highest BCUT2D eigenvalue weighted by molar-refractivity contribution is 5.78. The van der Waals surface area contributed by atoms with Gasteiger partial charge in [-0.1, -0.05) is 30.3 Å². The zero-order chi connectivity index (χ0) is 10.2. The van der Waals surface area contributed by atoms with Crippen LogP contribution in [0.1, 0.15) is 24.5 Å². The molecule has 3 nitrogen and oxygen atoms in total. The lowest BCUT2D eigenvalue weighted by Gasteiger charge is -2.17. The summed E-state index contributed by atoms with van der Waals surface area (Å²) in [6.07, 6.45) is 0.262. The van der Waals surface area contributed by atoms with Gasteiger partial charge in [0.25, 0.3) is 0 Å². The molecule has 0 saturated heterocycles. The number of rotatable bonds is 3. The van der Waals surface area contributed by atoms with E-state index in [-0.39, 0.29) is 0 Å². The first-order valence-corrected chi connectivity index (χ1v) is 4.63. The second kappa shape index (κ2) is 3.10. The van der Waals surface area contributed by atoms with Gasteiger partial charge in [-0.3, -0.25) is 4.79 Å². The fourth-order valence-corrected chi connectivity index (χ4v) is 1.69. The highest BCUT2D eigenvalue weighted by Gasteiger charge is 2.56. The molecule has 0 amide bonds. The van der Waals surface area contributed by atoms with Crippen LogP contribution in [0, 0.1) is 5.41 Å². The van der Waals surface area contributed by atoms with Crippen LogP contribution in [-0.4, -0.2) is 16.2 Å². The Bertz CT molecular complexity index is 341. The van der Waals surface area contributed by atoms with Crippen LogP contribution in [0.2, 0.25) is 0 Å². The SMILES string of the molecule is O=C(O)C1(C(O)c2ccccc2)CC1. The summed E-state index contributed by atoms with van der Waals surface area (Å²) in [6.45, 7) is 0. The Kier molecular flexibility index (Phi) is 2.04. The van der Waals surface area contributed by atoms with Crippen molar-refractivity contribution in [2.45, 2.75) is 18.9 Å². The van der Waals surface area contributed by atoms with Crippen molar-refractivity contribution in [1.82, 2.24) is 0 Å². The van der Waals surface area contributed by atoms with Crippen molar-refractivity contribution in [3.63, 3.8) is 0 Å². The molecule has 2 rings (SSSR count). The third-order valence-corrected chi connectivity index (χ3v) is 2.85. The third-order valence-electron chi connectivity index (χ3n) is 2.85. The molecule has 2 N–H and O–H groups in total. The van der Waals surface area contributed by atoms with Crippen LogP contribution in [0.5, 0.6) is 0 Å². The average Bonchev–Trinajstić information content (AvgIpc) is 2.99. The van der Waals surface area contributed by atoms with Crippen molar-refractivity contribution < 1.29 is 15.0 Å². The van der Waals surface area contributed by atoms with Crippen molar-refractivity contribution in [1.29, 1.82) is 0 Å². The van der Waals surface area contributed by atoms with Gasteiger partial charge in [0.2, 0.25) is 0 Å². The third kappa shape index (κ3) is 1.30. The predicted molar refractivity (Wildman–Crippen MR) is 50.7 cm³/mol. The molecule has 1 aliphatic rings. The van der Waals surface area contributed by atoms with E-state index in [1.807, 2.05) is 6.07 Å². The highest BCUT2D eigenvalue weighted by Crippen LogP contribution is 2.55. The summed E-state index contributed by atoms with van der Waals surface area (Å²) in [5.74, 6) is -0.895. The van der Waals surface area contributed by atoms with Gasteiger partial charge >= 0.3 is 5.97 Å². The number of carbonyl (C=O) groups is 1. The largest absolute Gasteiger partial charge is 0.481 e. The monoisotopic (exact) mass is 192 g/mol. The van der Waals surface area contributed by atoms with Gasteiger partial charge < -0.3 is 10.2 Å². The van der Waals surface area contributed by atoms with Crippen LogP contribution < -0.4 is 0 Å². The fourth-order valence-electron chi connectivity index (χ4n) is 1.69. The van der Waals surface area contributed by atoms with Gasteiger partial charge in [-0.2, -0.15) is 0 Å². The molecular weight excluding hydrogens is 180 g/mol. The number of aliphatic hydroxyl groups is 1. The Morgan fingerprint density at radius 3 is 2.29 bits per heavy atom. The predicted octanol–water partition coefficient (Wildman–Crippen LogP) is 1.58.